The molecule has 0 radical (unpaired) electrons. The van der Waals surface area contributed by atoms with Gasteiger partial charge in [-0.15, -0.1) is 10.2 Å². The molecule has 0 bridgehead atoms. The van der Waals surface area contributed by atoms with E-state index in [1.807, 2.05) is 4.90 Å². The van der Waals surface area contributed by atoms with Crippen LogP contribution in [0.5, 0.6) is 0 Å². The van der Waals surface area contributed by atoms with E-state index < -0.39 is 0 Å². The number of carbonyl (C=O) groups excluding carboxylic acids is 2. The van der Waals surface area contributed by atoms with Crippen molar-refractivity contribution in [3.8, 4) is 0 Å². The van der Waals surface area contributed by atoms with Crippen molar-refractivity contribution in [2.45, 2.75) is 64.3 Å². The van der Waals surface area contributed by atoms with Crippen LogP contribution in [0.3, 0.4) is 0 Å². The van der Waals surface area contributed by atoms with Crippen molar-refractivity contribution < 1.29 is 9.59 Å². The Morgan fingerprint density at radius 2 is 1.96 bits per heavy atom. The number of anilines is 1. The number of rotatable bonds is 3. The first-order valence-electron chi connectivity index (χ1n) is 8.29. The van der Waals surface area contributed by atoms with E-state index in [-0.39, 0.29) is 23.1 Å². The number of nitrogens with zero attached hydrogens (tertiary/aromatic N) is 3. The van der Waals surface area contributed by atoms with Crippen LogP contribution in [0.1, 0.15) is 57.9 Å². The lowest BCUT2D eigenvalue weighted by molar-refractivity contribution is -0.129. The average molecular weight is 336 g/mol. The number of aromatic nitrogens is 2. The molecule has 3 rings (SSSR count). The summed E-state index contributed by atoms with van der Waals surface area (Å²) in [5.41, 5.74) is -0.0801. The molecule has 1 aromatic heterocycles. The average Bonchev–Trinajstić information content (AvgIpc) is 3.16. The van der Waals surface area contributed by atoms with E-state index in [0.717, 1.165) is 17.8 Å². The molecule has 126 valence electrons. The Morgan fingerprint density at radius 3 is 2.57 bits per heavy atom. The van der Waals surface area contributed by atoms with Crippen LogP contribution in [0.15, 0.2) is 0 Å². The highest BCUT2D eigenvalue weighted by atomic mass is 32.1. The third-order valence-electron chi connectivity index (χ3n) is 4.59. The van der Waals surface area contributed by atoms with Crippen LogP contribution >= 0.6 is 11.3 Å². The molecule has 1 atom stereocenters. The summed E-state index contributed by atoms with van der Waals surface area (Å²) >= 11 is 1.40. The number of amides is 2. The van der Waals surface area contributed by atoms with Gasteiger partial charge in [0, 0.05) is 24.4 Å². The molecule has 2 fully saturated rings. The van der Waals surface area contributed by atoms with Crippen LogP contribution in [-0.2, 0) is 15.0 Å². The predicted octanol–water partition coefficient (Wildman–Crippen LogP) is 2.57. The monoisotopic (exact) mass is 336 g/mol. The zero-order valence-corrected chi connectivity index (χ0v) is 14.8. The molecule has 1 unspecified atom stereocenters. The van der Waals surface area contributed by atoms with E-state index in [1.165, 1.54) is 24.2 Å². The Bertz CT molecular complexity index is 601. The second-order valence-electron chi connectivity index (χ2n) is 7.54. The fourth-order valence-electron chi connectivity index (χ4n) is 3.26. The largest absolute Gasteiger partial charge is 0.339 e. The Balaban J connectivity index is 1.60. The molecule has 0 aromatic carbocycles. The second kappa shape index (κ2) is 6.19. The van der Waals surface area contributed by atoms with E-state index in [9.17, 15) is 9.59 Å². The molecule has 2 aliphatic rings. The van der Waals surface area contributed by atoms with Crippen LogP contribution < -0.4 is 5.32 Å². The van der Waals surface area contributed by atoms with Crippen molar-refractivity contribution >= 4 is 28.3 Å². The standard InChI is InChI=1S/C16H24N4O2S/c1-16(2,3)14-18-19-15(23-14)17-13(22)10-8-12(21)20(9-10)11-6-4-5-7-11/h10-11H,4-9H2,1-3H3,(H,17,19,22). The van der Waals surface area contributed by atoms with Crippen molar-refractivity contribution in [3.05, 3.63) is 5.01 Å². The van der Waals surface area contributed by atoms with Gasteiger partial charge in [0.25, 0.3) is 0 Å². The zero-order valence-electron chi connectivity index (χ0n) is 14.0. The zero-order chi connectivity index (χ0) is 16.6. The minimum absolute atomic E-state index is 0.0801. The molecule has 2 heterocycles. The molecule has 1 saturated carbocycles. The molecule has 1 saturated heterocycles. The summed E-state index contributed by atoms with van der Waals surface area (Å²) in [6.45, 7) is 6.73. The third-order valence-corrected chi connectivity index (χ3v) is 5.86. The number of hydrogen-bond acceptors (Lipinski definition) is 5. The summed E-state index contributed by atoms with van der Waals surface area (Å²) < 4.78 is 0. The lowest BCUT2D eigenvalue weighted by atomic mass is 9.98. The van der Waals surface area contributed by atoms with E-state index in [0.29, 0.717) is 24.1 Å². The van der Waals surface area contributed by atoms with Crippen molar-refractivity contribution in [1.29, 1.82) is 0 Å². The number of likely N-dealkylation sites (tertiary alicyclic amines) is 1. The maximum atomic E-state index is 12.4. The summed E-state index contributed by atoms with van der Waals surface area (Å²) in [5.74, 6) is -0.273. The van der Waals surface area contributed by atoms with Gasteiger partial charge in [-0.05, 0) is 12.8 Å². The number of nitrogens with one attached hydrogen (secondary N) is 1. The van der Waals surface area contributed by atoms with E-state index in [1.54, 1.807) is 0 Å². The van der Waals surface area contributed by atoms with Gasteiger partial charge < -0.3 is 10.2 Å². The number of carbonyl (C=O) groups is 2. The molecular formula is C16H24N4O2S. The summed E-state index contributed by atoms with van der Waals surface area (Å²) in [5, 5.41) is 12.4. The van der Waals surface area contributed by atoms with Gasteiger partial charge in [0.05, 0.1) is 5.92 Å². The first kappa shape index (κ1) is 16.4. The van der Waals surface area contributed by atoms with Crippen LogP contribution in [0.2, 0.25) is 0 Å². The smallest absolute Gasteiger partial charge is 0.231 e. The third kappa shape index (κ3) is 3.54. The fourth-order valence-corrected chi connectivity index (χ4v) is 4.06. The highest BCUT2D eigenvalue weighted by molar-refractivity contribution is 7.15. The summed E-state index contributed by atoms with van der Waals surface area (Å²) in [6, 6.07) is 0.342. The van der Waals surface area contributed by atoms with Gasteiger partial charge in [0.15, 0.2) is 0 Å². The van der Waals surface area contributed by atoms with Gasteiger partial charge in [-0.1, -0.05) is 44.9 Å². The summed E-state index contributed by atoms with van der Waals surface area (Å²) in [4.78, 5) is 26.5. The summed E-state index contributed by atoms with van der Waals surface area (Å²) in [7, 11) is 0. The van der Waals surface area contributed by atoms with Gasteiger partial charge in [-0.2, -0.15) is 0 Å². The molecule has 2 amide bonds. The maximum absolute atomic E-state index is 12.4. The van der Waals surface area contributed by atoms with Gasteiger partial charge >= 0.3 is 0 Å². The first-order chi connectivity index (χ1) is 10.8. The van der Waals surface area contributed by atoms with Gasteiger partial charge in [0.2, 0.25) is 16.9 Å². The highest BCUT2D eigenvalue weighted by Crippen LogP contribution is 2.31. The van der Waals surface area contributed by atoms with Crippen LogP contribution in [-0.4, -0.2) is 39.5 Å². The minimum atomic E-state index is -0.273. The Kier molecular flexibility index (Phi) is 4.40. The molecule has 7 heteroatoms. The fraction of sp³-hybridized carbons (Fsp3) is 0.750. The maximum Gasteiger partial charge on any atom is 0.231 e. The van der Waals surface area contributed by atoms with Crippen molar-refractivity contribution in [1.82, 2.24) is 15.1 Å². The van der Waals surface area contributed by atoms with E-state index in [4.69, 9.17) is 0 Å². The minimum Gasteiger partial charge on any atom is -0.339 e. The van der Waals surface area contributed by atoms with Gasteiger partial charge in [0.1, 0.15) is 5.01 Å². The molecule has 6 nitrogen and oxygen atoms in total. The van der Waals surface area contributed by atoms with E-state index >= 15 is 0 Å². The Hall–Kier alpha value is -1.50. The van der Waals surface area contributed by atoms with Crippen LogP contribution in [0, 0.1) is 5.92 Å². The lowest BCUT2D eigenvalue weighted by Gasteiger charge is -2.23. The predicted molar refractivity (Wildman–Crippen MR) is 89.3 cm³/mol. The van der Waals surface area contributed by atoms with Gasteiger partial charge in [-0.3, -0.25) is 9.59 Å². The van der Waals surface area contributed by atoms with Crippen molar-refractivity contribution in [2.24, 2.45) is 5.92 Å². The Labute approximate surface area is 140 Å². The molecule has 1 N–H and O–H groups in total. The van der Waals surface area contributed by atoms with Gasteiger partial charge in [-0.25, -0.2) is 0 Å². The van der Waals surface area contributed by atoms with Crippen molar-refractivity contribution in [2.75, 3.05) is 11.9 Å². The number of hydrogen-bond donors (Lipinski definition) is 1. The normalized spacial score (nSPS) is 22.8. The lowest BCUT2D eigenvalue weighted by Crippen LogP contribution is -2.35. The SMILES string of the molecule is CC(C)(C)c1nnc(NC(=O)C2CC(=O)N(C3CCCC3)C2)s1. The Morgan fingerprint density at radius 1 is 1.26 bits per heavy atom. The topological polar surface area (TPSA) is 75.2 Å². The van der Waals surface area contributed by atoms with Crippen LogP contribution in [0.25, 0.3) is 0 Å². The molecular weight excluding hydrogens is 312 g/mol. The van der Waals surface area contributed by atoms with Crippen LogP contribution in [0.4, 0.5) is 5.13 Å². The first-order valence-corrected chi connectivity index (χ1v) is 9.10. The highest BCUT2D eigenvalue weighted by Gasteiger charge is 2.38. The summed E-state index contributed by atoms with van der Waals surface area (Å²) in [6.07, 6.45) is 4.83. The van der Waals surface area contributed by atoms with Crippen molar-refractivity contribution in [3.63, 3.8) is 0 Å². The van der Waals surface area contributed by atoms with E-state index in [2.05, 4.69) is 36.3 Å². The molecule has 23 heavy (non-hydrogen) atoms. The quantitative estimate of drug-likeness (QED) is 0.920. The molecule has 1 aliphatic carbocycles. The molecule has 1 aliphatic heterocycles. The second-order valence-corrected chi connectivity index (χ2v) is 8.51. The molecule has 0 spiro atoms. The molecule has 1 aromatic rings.